The Morgan fingerprint density at radius 2 is 1.83 bits per heavy atom. The maximum absolute atomic E-state index is 2.64. The maximum atomic E-state index is 2.64. The van der Waals surface area contributed by atoms with Gasteiger partial charge in [-0.3, -0.25) is 4.90 Å². The van der Waals surface area contributed by atoms with Crippen LogP contribution >= 0.6 is 21.6 Å². The molecule has 0 amide bonds. The molecule has 72 valence electrons. The van der Waals surface area contributed by atoms with E-state index in [0.29, 0.717) is 0 Å². The molecule has 3 heteroatoms. The van der Waals surface area contributed by atoms with E-state index in [4.69, 9.17) is 0 Å². The highest BCUT2D eigenvalue weighted by Crippen LogP contribution is 2.25. The molecule has 1 heterocycles. The lowest BCUT2D eigenvalue weighted by molar-refractivity contribution is 0.225. The van der Waals surface area contributed by atoms with Gasteiger partial charge in [-0.25, -0.2) is 0 Å². The van der Waals surface area contributed by atoms with Gasteiger partial charge in [-0.05, 0) is 13.3 Å². The highest BCUT2D eigenvalue weighted by Gasteiger charge is 2.14. The van der Waals surface area contributed by atoms with Crippen LogP contribution < -0.4 is 0 Å². The zero-order chi connectivity index (χ0) is 8.81. The molecule has 0 radical (unpaired) electrons. The molecule has 1 saturated heterocycles. The molecule has 1 fully saturated rings. The van der Waals surface area contributed by atoms with Crippen molar-refractivity contribution in [2.75, 3.05) is 24.6 Å². The molecule has 1 rings (SSSR count). The van der Waals surface area contributed by atoms with E-state index in [1.165, 1.54) is 37.4 Å². The number of rotatable bonds is 3. The van der Waals surface area contributed by atoms with E-state index in [0.717, 1.165) is 6.04 Å². The van der Waals surface area contributed by atoms with Gasteiger partial charge in [0.15, 0.2) is 0 Å². The topological polar surface area (TPSA) is 3.24 Å². The lowest BCUT2D eigenvalue weighted by Crippen LogP contribution is -2.35. The van der Waals surface area contributed by atoms with Crippen LogP contribution in [-0.4, -0.2) is 35.5 Å². The largest absolute Gasteiger partial charge is 0.299 e. The maximum Gasteiger partial charge on any atom is 0.0165 e. The van der Waals surface area contributed by atoms with Gasteiger partial charge in [0.1, 0.15) is 0 Å². The van der Waals surface area contributed by atoms with Crippen molar-refractivity contribution >= 4 is 21.6 Å². The van der Waals surface area contributed by atoms with E-state index in [1.54, 1.807) is 0 Å². The molecule has 0 aromatic carbocycles. The Labute approximate surface area is 84.1 Å². The predicted octanol–water partition coefficient (Wildman–Crippen LogP) is 2.87. The van der Waals surface area contributed by atoms with Gasteiger partial charge >= 0.3 is 0 Å². The normalized spacial score (nSPS) is 23.5. The van der Waals surface area contributed by atoms with Gasteiger partial charge in [0, 0.05) is 30.6 Å². The molecule has 1 aliphatic rings. The van der Waals surface area contributed by atoms with Gasteiger partial charge in [0.2, 0.25) is 0 Å². The van der Waals surface area contributed by atoms with E-state index >= 15 is 0 Å². The summed E-state index contributed by atoms with van der Waals surface area (Å²) in [6, 6.07) is 0.800. The van der Waals surface area contributed by atoms with Crippen LogP contribution in [-0.2, 0) is 0 Å². The second-order valence-electron chi connectivity index (χ2n) is 3.32. The Morgan fingerprint density at radius 3 is 2.33 bits per heavy atom. The van der Waals surface area contributed by atoms with Crippen LogP contribution in [0.25, 0.3) is 0 Å². The van der Waals surface area contributed by atoms with Crippen molar-refractivity contribution in [3.05, 3.63) is 0 Å². The lowest BCUT2D eigenvalue weighted by Gasteiger charge is -2.26. The summed E-state index contributed by atoms with van der Waals surface area (Å²) in [5, 5.41) is 0. The summed E-state index contributed by atoms with van der Waals surface area (Å²) in [6.07, 6.45) is 2.67. The van der Waals surface area contributed by atoms with Crippen LogP contribution in [0.1, 0.15) is 26.7 Å². The molecule has 1 atom stereocenters. The predicted molar refractivity (Wildman–Crippen MR) is 60.9 cm³/mol. The third-order valence-corrected chi connectivity index (χ3v) is 4.70. The van der Waals surface area contributed by atoms with Gasteiger partial charge in [-0.1, -0.05) is 34.9 Å². The van der Waals surface area contributed by atoms with E-state index in [9.17, 15) is 0 Å². The van der Waals surface area contributed by atoms with Crippen LogP contribution in [0, 0.1) is 0 Å². The zero-order valence-electron chi connectivity index (χ0n) is 8.08. The molecule has 0 saturated carbocycles. The van der Waals surface area contributed by atoms with Gasteiger partial charge in [0.25, 0.3) is 0 Å². The first kappa shape index (κ1) is 10.7. The Hall–Kier alpha value is 0.660. The fraction of sp³-hybridized carbons (Fsp3) is 1.00. The Balaban J connectivity index is 2.27. The summed E-state index contributed by atoms with van der Waals surface area (Å²) in [5.74, 6) is 2.61. The quantitative estimate of drug-likeness (QED) is 0.652. The van der Waals surface area contributed by atoms with Crippen LogP contribution in [0.2, 0.25) is 0 Å². The summed E-state index contributed by atoms with van der Waals surface area (Å²) in [4.78, 5) is 2.64. The van der Waals surface area contributed by atoms with Crippen LogP contribution in [0.4, 0.5) is 0 Å². The van der Waals surface area contributed by atoms with Crippen molar-refractivity contribution in [3.8, 4) is 0 Å². The van der Waals surface area contributed by atoms with Gasteiger partial charge in [-0.2, -0.15) is 0 Å². The van der Waals surface area contributed by atoms with Crippen molar-refractivity contribution in [3.63, 3.8) is 0 Å². The summed E-state index contributed by atoms with van der Waals surface area (Å²) in [6.45, 7) is 7.22. The SMILES string of the molecule is CCCC(C)N1CCSSCC1. The Bertz CT molecular complexity index is 111. The molecule has 0 aliphatic carbocycles. The molecule has 0 aromatic rings. The third-order valence-electron chi connectivity index (χ3n) is 2.34. The minimum Gasteiger partial charge on any atom is -0.299 e. The van der Waals surface area contributed by atoms with Crippen molar-refractivity contribution in [1.29, 1.82) is 0 Å². The van der Waals surface area contributed by atoms with E-state index < -0.39 is 0 Å². The Kier molecular flexibility index (Phi) is 5.52. The van der Waals surface area contributed by atoms with Crippen molar-refractivity contribution in [2.24, 2.45) is 0 Å². The third kappa shape index (κ3) is 3.58. The fourth-order valence-electron chi connectivity index (χ4n) is 1.58. The zero-order valence-corrected chi connectivity index (χ0v) is 9.72. The molecule has 1 nitrogen and oxygen atoms in total. The minimum absolute atomic E-state index is 0.800. The standard InChI is InChI=1S/C9H19NS2/c1-3-4-9(2)10-5-7-11-12-8-6-10/h9H,3-8H2,1-2H3. The highest BCUT2D eigenvalue weighted by molar-refractivity contribution is 8.76. The molecule has 1 unspecified atom stereocenters. The second kappa shape index (κ2) is 6.17. The Morgan fingerprint density at radius 1 is 1.25 bits per heavy atom. The van der Waals surface area contributed by atoms with Crippen LogP contribution in [0.3, 0.4) is 0 Å². The summed E-state index contributed by atoms with van der Waals surface area (Å²) >= 11 is 0. The first-order valence-corrected chi connectivity index (χ1v) is 7.32. The molecule has 0 bridgehead atoms. The molecule has 1 aliphatic heterocycles. The van der Waals surface area contributed by atoms with Crippen molar-refractivity contribution in [1.82, 2.24) is 4.90 Å². The van der Waals surface area contributed by atoms with Gasteiger partial charge < -0.3 is 0 Å². The molecular formula is C9H19NS2. The summed E-state index contributed by atoms with van der Waals surface area (Å²) < 4.78 is 0. The van der Waals surface area contributed by atoms with E-state index in [-0.39, 0.29) is 0 Å². The van der Waals surface area contributed by atoms with Crippen molar-refractivity contribution in [2.45, 2.75) is 32.7 Å². The van der Waals surface area contributed by atoms with Gasteiger partial charge in [0.05, 0.1) is 0 Å². The average Bonchev–Trinajstić information content (AvgIpc) is 2.32. The lowest BCUT2D eigenvalue weighted by atomic mass is 10.1. The summed E-state index contributed by atoms with van der Waals surface area (Å²) in [5.41, 5.74) is 0. The number of nitrogens with zero attached hydrogens (tertiary/aromatic N) is 1. The molecule has 12 heavy (non-hydrogen) atoms. The second-order valence-corrected chi connectivity index (χ2v) is 6.02. The first-order chi connectivity index (χ1) is 5.84. The first-order valence-electron chi connectivity index (χ1n) is 4.83. The minimum atomic E-state index is 0.800. The molecular weight excluding hydrogens is 186 g/mol. The van der Waals surface area contributed by atoms with E-state index in [1.807, 2.05) is 21.6 Å². The van der Waals surface area contributed by atoms with Gasteiger partial charge in [-0.15, -0.1) is 0 Å². The average molecular weight is 205 g/mol. The highest BCUT2D eigenvalue weighted by atomic mass is 33.1. The van der Waals surface area contributed by atoms with Crippen molar-refractivity contribution < 1.29 is 0 Å². The molecule has 0 spiro atoms. The molecule has 0 aromatic heterocycles. The van der Waals surface area contributed by atoms with E-state index in [2.05, 4.69) is 18.7 Å². The number of hydrogen-bond donors (Lipinski definition) is 0. The van der Waals surface area contributed by atoms with Crippen LogP contribution in [0.15, 0.2) is 0 Å². The fourth-order valence-corrected chi connectivity index (χ4v) is 3.59. The number of hydrogen-bond acceptors (Lipinski definition) is 3. The molecule has 0 N–H and O–H groups in total. The smallest absolute Gasteiger partial charge is 0.0165 e. The summed E-state index contributed by atoms with van der Waals surface area (Å²) in [7, 11) is 4.06. The monoisotopic (exact) mass is 205 g/mol. The van der Waals surface area contributed by atoms with Crippen LogP contribution in [0.5, 0.6) is 0 Å².